The molecule has 6 nitrogen and oxygen atoms in total. The number of amides is 2. The highest BCUT2D eigenvalue weighted by Gasteiger charge is 2.19. The summed E-state index contributed by atoms with van der Waals surface area (Å²) in [6.45, 7) is 3.35. The number of hydrogen-bond donors (Lipinski definition) is 2. The van der Waals surface area contributed by atoms with E-state index >= 15 is 0 Å². The van der Waals surface area contributed by atoms with Crippen LogP contribution in [0.4, 0.5) is 4.32 Å². The molecule has 2 amide bonds. The van der Waals surface area contributed by atoms with Crippen LogP contribution in [0.2, 0.25) is 6.32 Å². The fourth-order valence-electron chi connectivity index (χ4n) is 2.81. The zero-order valence-electron chi connectivity index (χ0n) is 15.3. The van der Waals surface area contributed by atoms with Gasteiger partial charge in [0.15, 0.2) is 0 Å². The van der Waals surface area contributed by atoms with Crippen LogP contribution < -0.4 is 10.8 Å². The molecule has 1 aliphatic rings. The summed E-state index contributed by atoms with van der Waals surface area (Å²) in [5.74, 6) is -0.437. The molecule has 0 spiro atoms. The third-order valence-electron chi connectivity index (χ3n) is 4.21. The Morgan fingerprint density at radius 2 is 2.00 bits per heavy atom. The maximum absolute atomic E-state index is 12.9. The summed E-state index contributed by atoms with van der Waals surface area (Å²) in [4.78, 5) is 30.2. The van der Waals surface area contributed by atoms with Crippen LogP contribution in [0.25, 0.3) is 10.9 Å². The smallest absolute Gasteiger partial charge is 0.394 e. The van der Waals surface area contributed by atoms with Crippen molar-refractivity contribution in [1.29, 1.82) is 0 Å². The van der Waals surface area contributed by atoms with Crippen molar-refractivity contribution < 1.29 is 18.9 Å². The number of fused-ring (bicyclic) bond motifs is 1. The maximum atomic E-state index is 12.9. The Bertz CT molecular complexity index is 784. The highest BCUT2D eigenvalue weighted by atomic mass is 19.1. The molecule has 0 unspecified atom stereocenters. The van der Waals surface area contributed by atoms with Crippen LogP contribution in [0, 0.1) is 0 Å². The van der Waals surface area contributed by atoms with Crippen molar-refractivity contribution in [3.8, 4) is 0 Å². The van der Waals surface area contributed by atoms with Crippen molar-refractivity contribution in [2.24, 2.45) is 0 Å². The van der Waals surface area contributed by atoms with Crippen molar-refractivity contribution in [2.45, 2.75) is 26.1 Å². The summed E-state index contributed by atoms with van der Waals surface area (Å²) in [7, 11) is 1.59. The molecule has 0 bridgehead atoms. The summed E-state index contributed by atoms with van der Waals surface area (Å²) >= 11 is 0. The number of halogens is 1. The van der Waals surface area contributed by atoms with E-state index in [0.29, 0.717) is 29.5 Å². The van der Waals surface area contributed by atoms with E-state index in [4.69, 9.17) is 5.02 Å². The van der Waals surface area contributed by atoms with E-state index in [1.807, 2.05) is 6.92 Å². The van der Waals surface area contributed by atoms with Gasteiger partial charge in [0.05, 0.1) is 17.6 Å². The van der Waals surface area contributed by atoms with Crippen LogP contribution >= 0.6 is 0 Å². The topological polar surface area (TPSA) is 82.5 Å². The van der Waals surface area contributed by atoms with Crippen molar-refractivity contribution >= 4 is 43.2 Å². The molecule has 0 atom stereocenters. The van der Waals surface area contributed by atoms with Gasteiger partial charge in [-0.05, 0) is 24.4 Å². The molecule has 1 aromatic heterocycles. The molecule has 27 heavy (non-hydrogen) atoms. The number of benzene rings is 1. The van der Waals surface area contributed by atoms with E-state index in [1.54, 1.807) is 29.2 Å². The number of nitrogens with one attached hydrogen (secondary N) is 1. The molecule has 2 radical (unpaired) electrons. The van der Waals surface area contributed by atoms with Gasteiger partial charge in [0.1, 0.15) is 0 Å². The van der Waals surface area contributed by atoms with Crippen molar-refractivity contribution in [3.63, 3.8) is 0 Å². The van der Waals surface area contributed by atoms with E-state index < -0.39 is 0 Å². The summed E-state index contributed by atoms with van der Waals surface area (Å²) < 4.78 is 12.9. The largest absolute Gasteiger partial charge is 0.454 e. The molecule has 0 saturated carbocycles. The fraction of sp³-hybridized carbons (Fsp3) is 0.389. The van der Waals surface area contributed by atoms with E-state index in [0.717, 1.165) is 39.7 Å². The van der Waals surface area contributed by atoms with Gasteiger partial charge in [-0.2, -0.15) is 0 Å². The Labute approximate surface area is 159 Å². The second-order valence-electron chi connectivity index (χ2n) is 6.07. The molecule has 2 heterocycles. The van der Waals surface area contributed by atoms with Crippen LogP contribution in [0.1, 0.15) is 30.1 Å². The monoisotopic (exact) mass is 369 g/mol. The molecular weight excluding hydrogens is 347 g/mol. The normalized spacial score (nSPS) is 12.9. The fourth-order valence-corrected chi connectivity index (χ4v) is 2.81. The standard InChI is InChI=1S/C16H16BFN3O2.C2H6BO/c18-17-13-5-3-4-11-12(6-7-19-15(11)13)16(23)20-10-14(22)21-8-1-2-9-21;1-2-3-4/h3-7H,1-2,8-10H2,(H,20,23);4H,2H2,1H3. The van der Waals surface area contributed by atoms with Gasteiger partial charge in [-0.15, -0.1) is 0 Å². The number of para-hydroxylation sites is 1. The van der Waals surface area contributed by atoms with Crippen LogP contribution in [0.5, 0.6) is 0 Å². The molecule has 0 aliphatic carbocycles. The number of pyridine rings is 1. The number of aromatic nitrogens is 1. The van der Waals surface area contributed by atoms with Gasteiger partial charge in [-0.3, -0.25) is 14.6 Å². The summed E-state index contributed by atoms with van der Waals surface area (Å²) in [5, 5.41) is 11.0. The lowest BCUT2D eigenvalue weighted by Gasteiger charge is -2.15. The second kappa shape index (κ2) is 10.7. The number of likely N-dealkylation sites (tertiary alicyclic amines) is 1. The number of carbonyl (C=O) groups is 2. The highest BCUT2D eigenvalue weighted by Crippen LogP contribution is 2.15. The van der Waals surface area contributed by atoms with E-state index in [-0.39, 0.29) is 18.4 Å². The quantitative estimate of drug-likeness (QED) is 0.766. The first-order chi connectivity index (χ1) is 13.1. The predicted octanol–water partition coefficient (Wildman–Crippen LogP) is 0.837. The number of rotatable bonds is 5. The van der Waals surface area contributed by atoms with E-state index in [2.05, 4.69) is 10.3 Å². The van der Waals surface area contributed by atoms with E-state index in [9.17, 15) is 13.9 Å². The lowest BCUT2D eigenvalue weighted by atomic mass is 9.88. The first-order valence-corrected chi connectivity index (χ1v) is 8.95. The first-order valence-electron chi connectivity index (χ1n) is 8.95. The molecule has 2 N–H and O–H groups in total. The molecule has 2 aromatic rings. The number of carbonyl (C=O) groups excluding carboxylic acids is 2. The lowest BCUT2D eigenvalue weighted by Crippen LogP contribution is -2.38. The Morgan fingerprint density at radius 3 is 2.63 bits per heavy atom. The SMILES string of the molecule is CC[B]O.O=C(NCC(=O)N1CCCC1)c1ccnc2c([B]F)cccc12. The molecule has 1 fully saturated rings. The van der Waals surface area contributed by atoms with Crippen LogP contribution in [0.15, 0.2) is 30.5 Å². The molecule has 3 rings (SSSR count). The third kappa shape index (κ3) is 5.53. The average Bonchev–Trinajstić information content (AvgIpc) is 3.26. The minimum atomic E-state index is -0.360. The minimum absolute atomic E-state index is 0.0302. The van der Waals surface area contributed by atoms with Gasteiger partial charge in [-0.1, -0.05) is 31.4 Å². The maximum Gasteiger partial charge on any atom is 0.394 e. The predicted molar refractivity (Wildman–Crippen MR) is 105 cm³/mol. The minimum Gasteiger partial charge on any atom is -0.454 e. The Kier molecular flexibility index (Phi) is 8.26. The molecular formula is C18H22B2FN3O3. The van der Waals surface area contributed by atoms with Crippen LogP contribution in [-0.2, 0) is 4.79 Å². The Morgan fingerprint density at radius 1 is 1.30 bits per heavy atom. The average molecular weight is 369 g/mol. The molecule has 1 saturated heterocycles. The molecule has 9 heteroatoms. The molecule has 140 valence electrons. The van der Waals surface area contributed by atoms with Crippen LogP contribution in [0.3, 0.4) is 0 Å². The van der Waals surface area contributed by atoms with Gasteiger partial charge in [0, 0.05) is 24.7 Å². The lowest BCUT2D eigenvalue weighted by molar-refractivity contribution is -0.129. The van der Waals surface area contributed by atoms with E-state index in [1.165, 1.54) is 6.20 Å². The van der Waals surface area contributed by atoms with Crippen molar-refractivity contribution in [3.05, 3.63) is 36.0 Å². The highest BCUT2D eigenvalue weighted by molar-refractivity contribution is 6.50. The summed E-state index contributed by atoms with van der Waals surface area (Å²) in [5.41, 5.74) is 1.13. The van der Waals surface area contributed by atoms with Crippen molar-refractivity contribution in [1.82, 2.24) is 15.2 Å². The zero-order valence-corrected chi connectivity index (χ0v) is 15.3. The number of hydrogen-bond acceptors (Lipinski definition) is 4. The number of nitrogens with zero attached hydrogens (tertiary/aromatic N) is 2. The second-order valence-corrected chi connectivity index (χ2v) is 6.07. The molecule has 1 aliphatic heterocycles. The molecule has 1 aromatic carbocycles. The third-order valence-corrected chi connectivity index (χ3v) is 4.21. The van der Waals surface area contributed by atoms with Gasteiger partial charge >= 0.3 is 7.56 Å². The summed E-state index contributed by atoms with van der Waals surface area (Å²) in [6.07, 6.45) is 4.24. The Hall–Kier alpha value is -2.41. The van der Waals surface area contributed by atoms with Gasteiger partial charge in [0.25, 0.3) is 13.4 Å². The van der Waals surface area contributed by atoms with Crippen molar-refractivity contribution in [2.75, 3.05) is 19.6 Å². The van der Waals surface area contributed by atoms with Crippen LogP contribution in [-0.4, -0.2) is 61.4 Å². The summed E-state index contributed by atoms with van der Waals surface area (Å²) in [6, 6.07) is 6.54. The zero-order chi connectivity index (χ0) is 19.6. The Balaban J connectivity index is 0.000000596. The van der Waals surface area contributed by atoms with Gasteiger partial charge < -0.3 is 19.6 Å². The first kappa shape index (κ1) is 20.9. The van der Waals surface area contributed by atoms with Gasteiger partial charge in [-0.25, -0.2) is 0 Å². The van der Waals surface area contributed by atoms with Gasteiger partial charge in [0.2, 0.25) is 5.91 Å².